The van der Waals surface area contributed by atoms with E-state index < -0.39 is 0 Å². The van der Waals surface area contributed by atoms with Gasteiger partial charge in [0.2, 0.25) is 5.91 Å². The second-order valence-corrected chi connectivity index (χ2v) is 7.64. The Kier molecular flexibility index (Phi) is 3.37. The maximum absolute atomic E-state index is 13.2. The number of amides is 1. The minimum atomic E-state index is 0.206. The van der Waals surface area contributed by atoms with E-state index in [1.807, 2.05) is 0 Å². The van der Waals surface area contributed by atoms with Crippen molar-refractivity contribution in [2.45, 2.75) is 43.7 Å². The summed E-state index contributed by atoms with van der Waals surface area (Å²) in [5.74, 6) is 1.04. The van der Waals surface area contributed by atoms with Crippen molar-refractivity contribution in [3.8, 4) is 0 Å². The minimum absolute atomic E-state index is 0.206. The van der Waals surface area contributed by atoms with Crippen LogP contribution < -0.4 is 5.32 Å². The highest BCUT2D eigenvalue weighted by molar-refractivity contribution is 5.90. The van der Waals surface area contributed by atoms with Crippen LogP contribution in [0.2, 0.25) is 0 Å². The molecule has 1 aliphatic carbocycles. The molecule has 2 bridgehead atoms. The topological polar surface area (TPSA) is 32.3 Å². The van der Waals surface area contributed by atoms with Crippen LogP contribution in [0.5, 0.6) is 0 Å². The Balaban J connectivity index is 1.41. The van der Waals surface area contributed by atoms with E-state index in [1.165, 1.54) is 29.2 Å². The molecule has 124 valence electrons. The summed E-state index contributed by atoms with van der Waals surface area (Å²) in [4.78, 5) is 15.5. The number of rotatable bonds is 2. The zero-order valence-corrected chi connectivity index (χ0v) is 13.9. The maximum Gasteiger partial charge on any atom is 0.226 e. The van der Waals surface area contributed by atoms with E-state index in [0.717, 1.165) is 25.9 Å². The molecular weight excluding hydrogens is 296 g/mol. The van der Waals surface area contributed by atoms with Crippen LogP contribution in [0.4, 0.5) is 0 Å². The largest absolute Gasteiger partial charge is 0.335 e. The van der Waals surface area contributed by atoms with Crippen molar-refractivity contribution in [2.75, 3.05) is 13.1 Å². The van der Waals surface area contributed by atoms with Crippen LogP contribution in [0.3, 0.4) is 0 Å². The first-order chi connectivity index (χ1) is 11.8. The molecule has 2 aromatic rings. The highest BCUT2D eigenvalue weighted by Gasteiger charge is 2.50. The van der Waals surface area contributed by atoms with Crippen LogP contribution in [0.25, 0.3) is 10.8 Å². The summed E-state index contributed by atoms with van der Waals surface area (Å²) in [6.45, 7) is 2.04. The van der Waals surface area contributed by atoms with E-state index in [9.17, 15) is 4.79 Å². The first-order valence-electron chi connectivity index (χ1n) is 9.33. The zero-order chi connectivity index (χ0) is 16.1. The normalized spacial score (nSPS) is 31.9. The van der Waals surface area contributed by atoms with Crippen molar-refractivity contribution in [1.29, 1.82) is 0 Å². The van der Waals surface area contributed by atoms with Gasteiger partial charge in [-0.2, -0.15) is 0 Å². The fourth-order valence-corrected chi connectivity index (χ4v) is 4.92. The lowest BCUT2D eigenvalue weighted by Gasteiger charge is -2.28. The average molecular weight is 320 g/mol. The number of benzene rings is 2. The molecule has 1 N–H and O–H groups in total. The van der Waals surface area contributed by atoms with E-state index in [2.05, 4.69) is 52.7 Å². The Morgan fingerprint density at radius 2 is 1.83 bits per heavy atom. The number of carbonyl (C=O) groups excluding carboxylic acids is 1. The van der Waals surface area contributed by atoms with Crippen molar-refractivity contribution in [2.24, 2.45) is 5.92 Å². The Bertz CT molecular complexity index is 767. The van der Waals surface area contributed by atoms with E-state index in [4.69, 9.17) is 0 Å². The SMILES string of the molecule is O=C(C1CC1c1cccc2ccccc12)N1C2CCNCC1CC2. The molecule has 0 aromatic heterocycles. The van der Waals surface area contributed by atoms with Gasteiger partial charge in [0, 0.05) is 24.5 Å². The van der Waals surface area contributed by atoms with Gasteiger partial charge in [-0.1, -0.05) is 42.5 Å². The van der Waals surface area contributed by atoms with Crippen LogP contribution in [-0.2, 0) is 4.79 Å². The standard InChI is InChI=1S/C21H24N2O/c24-21(23-15-8-9-16(23)13-22-11-10-15)20-12-19(20)18-7-3-5-14-4-1-2-6-17(14)18/h1-7,15-16,19-20,22H,8-13H2. The van der Waals surface area contributed by atoms with Gasteiger partial charge in [-0.05, 0) is 54.5 Å². The maximum atomic E-state index is 13.2. The number of carbonyl (C=O) groups is 1. The van der Waals surface area contributed by atoms with E-state index in [-0.39, 0.29) is 5.92 Å². The first kappa shape index (κ1) is 14.5. The molecule has 3 aliphatic rings. The van der Waals surface area contributed by atoms with Gasteiger partial charge in [0.1, 0.15) is 0 Å². The number of nitrogens with zero attached hydrogens (tertiary/aromatic N) is 1. The summed E-state index contributed by atoms with van der Waals surface area (Å²) in [5.41, 5.74) is 1.37. The highest BCUT2D eigenvalue weighted by Crippen LogP contribution is 2.51. The summed E-state index contributed by atoms with van der Waals surface area (Å²) in [6, 6.07) is 16.0. The zero-order valence-electron chi connectivity index (χ0n) is 13.9. The molecule has 5 rings (SSSR count). The summed E-state index contributed by atoms with van der Waals surface area (Å²) in [7, 11) is 0. The summed E-state index contributed by atoms with van der Waals surface area (Å²) in [6.07, 6.45) is 4.52. The average Bonchev–Trinajstić information content (AvgIpc) is 3.33. The van der Waals surface area contributed by atoms with Gasteiger partial charge in [0.05, 0.1) is 0 Å². The summed E-state index contributed by atoms with van der Waals surface area (Å²) in [5, 5.41) is 6.10. The summed E-state index contributed by atoms with van der Waals surface area (Å²) >= 11 is 0. The highest BCUT2D eigenvalue weighted by atomic mass is 16.2. The van der Waals surface area contributed by atoms with Crippen LogP contribution in [0.1, 0.15) is 37.2 Å². The molecule has 3 nitrogen and oxygen atoms in total. The van der Waals surface area contributed by atoms with Crippen molar-refractivity contribution in [3.05, 3.63) is 48.0 Å². The van der Waals surface area contributed by atoms with Gasteiger partial charge < -0.3 is 10.2 Å². The third-order valence-corrected chi connectivity index (χ3v) is 6.24. The van der Waals surface area contributed by atoms with Crippen molar-refractivity contribution < 1.29 is 4.79 Å². The van der Waals surface area contributed by atoms with Crippen molar-refractivity contribution in [1.82, 2.24) is 10.2 Å². The van der Waals surface area contributed by atoms with E-state index in [0.29, 0.717) is 23.9 Å². The van der Waals surface area contributed by atoms with E-state index >= 15 is 0 Å². The van der Waals surface area contributed by atoms with Crippen molar-refractivity contribution >= 4 is 16.7 Å². The molecule has 4 unspecified atom stereocenters. The number of hydrogen-bond donors (Lipinski definition) is 1. The lowest BCUT2D eigenvalue weighted by atomic mass is 10.00. The first-order valence-corrected chi connectivity index (χ1v) is 9.33. The molecule has 0 spiro atoms. The Labute approximate surface area is 143 Å². The van der Waals surface area contributed by atoms with Gasteiger partial charge >= 0.3 is 0 Å². The van der Waals surface area contributed by atoms with Crippen molar-refractivity contribution in [3.63, 3.8) is 0 Å². The third-order valence-electron chi connectivity index (χ3n) is 6.24. The quantitative estimate of drug-likeness (QED) is 0.921. The molecule has 2 aliphatic heterocycles. The fourth-order valence-electron chi connectivity index (χ4n) is 4.92. The molecule has 1 amide bonds. The predicted molar refractivity (Wildman–Crippen MR) is 95.9 cm³/mol. The van der Waals surface area contributed by atoms with Crippen LogP contribution in [0.15, 0.2) is 42.5 Å². The van der Waals surface area contributed by atoms with Gasteiger partial charge in [-0.15, -0.1) is 0 Å². The monoisotopic (exact) mass is 320 g/mol. The fraction of sp³-hybridized carbons (Fsp3) is 0.476. The number of nitrogens with one attached hydrogen (secondary N) is 1. The molecule has 2 aromatic carbocycles. The molecular formula is C21H24N2O. The third kappa shape index (κ3) is 2.26. The van der Waals surface area contributed by atoms with Gasteiger partial charge in [0.15, 0.2) is 0 Å². The molecule has 1 saturated carbocycles. The summed E-state index contributed by atoms with van der Waals surface area (Å²) < 4.78 is 0. The van der Waals surface area contributed by atoms with Gasteiger partial charge in [-0.3, -0.25) is 4.79 Å². The number of hydrogen-bond acceptors (Lipinski definition) is 2. The van der Waals surface area contributed by atoms with E-state index in [1.54, 1.807) is 0 Å². The van der Waals surface area contributed by atoms with Crippen LogP contribution >= 0.6 is 0 Å². The lowest BCUT2D eigenvalue weighted by Crippen LogP contribution is -2.43. The van der Waals surface area contributed by atoms with Gasteiger partial charge in [-0.25, -0.2) is 0 Å². The molecule has 2 saturated heterocycles. The molecule has 24 heavy (non-hydrogen) atoms. The number of fused-ring (bicyclic) bond motifs is 3. The Morgan fingerprint density at radius 1 is 1.00 bits per heavy atom. The van der Waals surface area contributed by atoms with Crippen LogP contribution in [-0.4, -0.2) is 36.0 Å². The molecule has 2 heterocycles. The smallest absolute Gasteiger partial charge is 0.226 e. The Hall–Kier alpha value is -1.87. The second-order valence-electron chi connectivity index (χ2n) is 7.64. The lowest BCUT2D eigenvalue weighted by molar-refractivity contribution is -0.135. The second kappa shape index (κ2) is 5.59. The molecule has 3 heteroatoms. The molecule has 4 atom stereocenters. The molecule has 0 radical (unpaired) electrons. The van der Waals surface area contributed by atoms with Crippen LogP contribution in [0, 0.1) is 5.92 Å². The Morgan fingerprint density at radius 3 is 2.79 bits per heavy atom. The predicted octanol–water partition coefficient (Wildman–Crippen LogP) is 3.30. The minimum Gasteiger partial charge on any atom is -0.335 e. The molecule has 3 fully saturated rings. The van der Waals surface area contributed by atoms with Gasteiger partial charge in [0.25, 0.3) is 0 Å².